The molecular formula is C17H22ClN3O5S. The molecule has 0 spiro atoms. The molecular weight excluding hydrogens is 394 g/mol. The molecule has 1 N–H and O–H groups in total. The largest absolute Gasteiger partial charge is 0.482 e. The predicted octanol–water partition coefficient (Wildman–Crippen LogP) is 1.55. The molecule has 148 valence electrons. The SMILES string of the molecule is CC1CCN(C(=O)CN(C)S(=O)(=O)c2cc3c(cc2Cl)NC(=O)CO3)CC1. The lowest BCUT2D eigenvalue weighted by Gasteiger charge is -2.31. The number of halogens is 1. The maximum Gasteiger partial charge on any atom is 0.262 e. The van der Waals surface area contributed by atoms with E-state index in [1.165, 1.54) is 19.2 Å². The van der Waals surface area contributed by atoms with Crippen LogP contribution in [0.15, 0.2) is 17.0 Å². The summed E-state index contributed by atoms with van der Waals surface area (Å²) in [6, 6.07) is 2.61. The number of carbonyl (C=O) groups excluding carboxylic acids is 2. The Labute approximate surface area is 163 Å². The lowest BCUT2D eigenvalue weighted by molar-refractivity contribution is -0.132. The number of nitrogens with one attached hydrogen (secondary N) is 1. The topological polar surface area (TPSA) is 96.0 Å². The van der Waals surface area contributed by atoms with Gasteiger partial charge in [-0.1, -0.05) is 18.5 Å². The van der Waals surface area contributed by atoms with Crippen LogP contribution in [-0.4, -0.2) is 62.7 Å². The number of hydrogen-bond donors (Lipinski definition) is 1. The molecule has 2 amide bonds. The Balaban J connectivity index is 1.77. The second-order valence-corrected chi connectivity index (χ2v) is 9.36. The van der Waals surface area contributed by atoms with Crippen LogP contribution >= 0.6 is 11.6 Å². The number of fused-ring (bicyclic) bond motifs is 1. The first kappa shape index (κ1) is 19.9. The Hall–Kier alpha value is -1.84. The van der Waals surface area contributed by atoms with E-state index in [4.69, 9.17) is 16.3 Å². The van der Waals surface area contributed by atoms with Gasteiger partial charge in [-0.25, -0.2) is 8.42 Å². The third-order valence-electron chi connectivity index (χ3n) is 4.85. The van der Waals surface area contributed by atoms with Crippen molar-refractivity contribution in [1.82, 2.24) is 9.21 Å². The van der Waals surface area contributed by atoms with Crippen molar-refractivity contribution in [2.24, 2.45) is 5.92 Å². The van der Waals surface area contributed by atoms with Crippen molar-refractivity contribution < 1.29 is 22.7 Å². The standard InChI is InChI=1S/C17H22ClN3O5S/c1-11-3-5-21(6-4-11)17(23)9-20(2)27(24,25)15-8-14-13(7-12(15)18)19-16(22)10-26-14/h7-8,11H,3-6,9-10H2,1-2H3,(H,19,22). The molecule has 0 aromatic heterocycles. The Kier molecular flexibility index (Phi) is 5.64. The molecule has 0 radical (unpaired) electrons. The summed E-state index contributed by atoms with van der Waals surface area (Å²) >= 11 is 6.13. The van der Waals surface area contributed by atoms with Crippen LogP contribution < -0.4 is 10.1 Å². The van der Waals surface area contributed by atoms with Gasteiger partial charge in [-0.15, -0.1) is 0 Å². The van der Waals surface area contributed by atoms with Crippen LogP contribution in [0.3, 0.4) is 0 Å². The van der Waals surface area contributed by atoms with Gasteiger partial charge in [-0.05, 0) is 24.8 Å². The Morgan fingerprint density at radius 1 is 1.37 bits per heavy atom. The molecule has 1 fully saturated rings. The summed E-state index contributed by atoms with van der Waals surface area (Å²) in [6.07, 6.45) is 1.84. The predicted molar refractivity (Wildman–Crippen MR) is 100 cm³/mol. The maximum absolute atomic E-state index is 12.9. The van der Waals surface area contributed by atoms with Gasteiger partial charge in [0.1, 0.15) is 10.6 Å². The summed E-state index contributed by atoms with van der Waals surface area (Å²) in [6.45, 7) is 2.96. The lowest BCUT2D eigenvalue weighted by Crippen LogP contribution is -2.44. The van der Waals surface area contributed by atoms with Crippen molar-refractivity contribution in [3.05, 3.63) is 17.2 Å². The summed E-state index contributed by atoms with van der Waals surface area (Å²) in [5.41, 5.74) is 0.316. The molecule has 10 heteroatoms. The highest BCUT2D eigenvalue weighted by molar-refractivity contribution is 7.89. The highest BCUT2D eigenvalue weighted by Crippen LogP contribution is 2.36. The number of hydrogen-bond acceptors (Lipinski definition) is 5. The summed E-state index contributed by atoms with van der Waals surface area (Å²) in [5.74, 6) is 0.228. The molecule has 0 atom stereocenters. The van der Waals surface area contributed by atoms with Gasteiger partial charge in [0.15, 0.2) is 6.61 Å². The summed E-state index contributed by atoms with van der Waals surface area (Å²) in [4.78, 5) is 25.4. The molecule has 2 aliphatic heterocycles. The zero-order valence-electron chi connectivity index (χ0n) is 15.2. The highest BCUT2D eigenvalue weighted by atomic mass is 35.5. The maximum atomic E-state index is 12.9. The van der Waals surface area contributed by atoms with Crippen LogP contribution in [0.4, 0.5) is 5.69 Å². The second-order valence-electron chi connectivity index (χ2n) is 6.94. The van der Waals surface area contributed by atoms with Crippen LogP contribution in [0.25, 0.3) is 0 Å². The lowest BCUT2D eigenvalue weighted by atomic mass is 9.99. The molecule has 1 aromatic carbocycles. The zero-order valence-corrected chi connectivity index (χ0v) is 16.8. The smallest absolute Gasteiger partial charge is 0.262 e. The highest BCUT2D eigenvalue weighted by Gasteiger charge is 2.30. The van der Waals surface area contributed by atoms with E-state index in [9.17, 15) is 18.0 Å². The molecule has 2 aliphatic rings. The summed E-state index contributed by atoms with van der Waals surface area (Å²) < 4.78 is 32.1. The first-order valence-electron chi connectivity index (χ1n) is 8.69. The number of anilines is 1. The number of carbonyl (C=O) groups is 2. The van der Waals surface area contributed by atoms with E-state index in [1.807, 2.05) is 0 Å². The van der Waals surface area contributed by atoms with Gasteiger partial charge in [0.05, 0.1) is 17.3 Å². The van der Waals surface area contributed by atoms with Crippen molar-refractivity contribution in [3.63, 3.8) is 0 Å². The number of likely N-dealkylation sites (N-methyl/N-ethyl adjacent to an activating group) is 1. The zero-order chi connectivity index (χ0) is 19.8. The van der Waals surface area contributed by atoms with Crippen molar-refractivity contribution in [1.29, 1.82) is 0 Å². The van der Waals surface area contributed by atoms with E-state index in [0.717, 1.165) is 17.1 Å². The molecule has 27 heavy (non-hydrogen) atoms. The monoisotopic (exact) mass is 415 g/mol. The van der Waals surface area contributed by atoms with Crippen LogP contribution in [0, 0.1) is 5.92 Å². The Bertz CT molecular complexity index is 866. The number of sulfonamides is 1. The molecule has 3 rings (SSSR count). The van der Waals surface area contributed by atoms with E-state index in [1.54, 1.807) is 4.90 Å². The second kappa shape index (κ2) is 7.65. The van der Waals surface area contributed by atoms with Crippen molar-refractivity contribution in [3.8, 4) is 5.75 Å². The van der Waals surface area contributed by atoms with Gasteiger partial charge >= 0.3 is 0 Å². The van der Waals surface area contributed by atoms with E-state index in [-0.39, 0.29) is 40.6 Å². The molecule has 2 heterocycles. The number of rotatable bonds is 4. The average molecular weight is 416 g/mol. The fourth-order valence-electron chi connectivity index (χ4n) is 3.08. The van der Waals surface area contributed by atoms with Gasteiger partial charge in [0.25, 0.3) is 5.91 Å². The van der Waals surface area contributed by atoms with Crippen LogP contribution in [0.1, 0.15) is 19.8 Å². The first-order valence-corrected chi connectivity index (χ1v) is 10.5. The third kappa shape index (κ3) is 4.20. The molecule has 0 aliphatic carbocycles. The number of likely N-dealkylation sites (tertiary alicyclic amines) is 1. The molecule has 8 nitrogen and oxygen atoms in total. The summed E-state index contributed by atoms with van der Waals surface area (Å²) in [5, 5.41) is 2.52. The van der Waals surface area contributed by atoms with Gasteiger partial charge in [0, 0.05) is 26.2 Å². The fraction of sp³-hybridized carbons (Fsp3) is 0.529. The minimum Gasteiger partial charge on any atom is -0.482 e. The average Bonchev–Trinajstić information content (AvgIpc) is 2.61. The van der Waals surface area contributed by atoms with Gasteiger partial charge in [-0.2, -0.15) is 4.31 Å². The number of piperidine rings is 1. The van der Waals surface area contributed by atoms with Crippen LogP contribution in [-0.2, 0) is 19.6 Å². The van der Waals surface area contributed by atoms with Gasteiger partial charge in [0.2, 0.25) is 15.9 Å². The van der Waals surface area contributed by atoms with E-state index in [0.29, 0.717) is 24.7 Å². The third-order valence-corrected chi connectivity index (χ3v) is 7.12. The molecule has 1 aromatic rings. The van der Waals surface area contributed by atoms with Crippen molar-refractivity contribution in [2.75, 3.05) is 38.6 Å². The minimum absolute atomic E-state index is 0.0503. The first-order chi connectivity index (χ1) is 12.7. The van der Waals surface area contributed by atoms with Crippen molar-refractivity contribution in [2.45, 2.75) is 24.7 Å². The normalized spacial score (nSPS) is 18.1. The quantitative estimate of drug-likeness (QED) is 0.804. The Morgan fingerprint density at radius 3 is 2.70 bits per heavy atom. The van der Waals surface area contributed by atoms with Gasteiger partial charge < -0.3 is 15.0 Å². The molecule has 1 saturated heterocycles. The van der Waals surface area contributed by atoms with Crippen molar-refractivity contribution >= 4 is 39.1 Å². The van der Waals surface area contributed by atoms with E-state index >= 15 is 0 Å². The summed E-state index contributed by atoms with van der Waals surface area (Å²) in [7, 11) is -2.65. The van der Waals surface area contributed by atoms with E-state index in [2.05, 4.69) is 12.2 Å². The number of benzene rings is 1. The molecule has 0 saturated carbocycles. The Morgan fingerprint density at radius 2 is 2.04 bits per heavy atom. The van der Waals surface area contributed by atoms with E-state index < -0.39 is 10.0 Å². The van der Waals surface area contributed by atoms with Crippen LogP contribution in [0.5, 0.6) is 5.75 Å². The number of ether oxygens (including phenoxy) is 1. The fourth-order valence-corrected chi connectivity index (χ4v) is 4.71. The number of nitrogens with zero attached hydrogens (tertiary/aromatic N) is 2. The van der Waals surface area contributed by atoms with Gasteiger partial charge in [-0.3, -0.25) is 9.59 Å². The minimum atomic E-state index is -4.00. The molecule has 0 bridgehead atoms. The van der Waals surface area contributed by atoms with Crippen LogP contribution in [0.2, 0.25) is 5.02 Å². The number of amides is 2. The molecule has 0 unspecified atom stereocenters.